The monoisotopic (exact) mass is 489 g/mol. The number of carbonyl (C=O) groups excluding carboxylic acids is 1. The van der Waals surface area contributed by atoms with Crippen molar-refractivity contribution in [3.05, 3.63) is 41.7 Å². The van der Waals surface area contributed by atoms with Crippen LogP contribution in [0.25, 0.3) is 0 Å². The van der Waals surface area contributed by atoms with Crippen molar-refractivity contribution in [1.82, 2.24) is 15.8 Å². The number of amides is 1. The summed E-state index contributed by atoms with van der Waals surface area (Å²) >= 11 is 1.64. The molecule has 2 unspecified atom stereocenters. The van der Waals surface area contributed by atoms with Gasteiger partial charge < -0.3 is 19.9 Å². The molecule has 0 saturated carbocycles. The summed E-state index contributed by atoms with van der Waals surface area (Å²) in [6.07, 6.45) is 6.41. The van der Waals surface area contributed by atoms with Gasteiger partial charge in [-0.25, -0.2) is 0 Å². The minimum Gasteiger partial charge on any atom is -0.475 e. The lowest BCUT2D eigenvalue weighted by atomic mass is 9.93. The number of unbranched alkanes of at least 4 members (excludes halogenated alkanes) is 1. The number of thioether (sulfide) groups is 1. The SMILES string of the molecule is CNCCCCOc1noc(C(=O)NC(C)CCCC(C)CC(C)C)c1CSc1ccccc1. The molecule has 0 bridgehead atoms. The Morgan fingerprint density at radius 1 is 1.09 bits per heavy atom. The summed E-state index contributed by atoms with van der Waals surface area (Å²) in [6, 6.07) is 10.2. The quantitative estimate of drug-likeness (QED) is 0.200. The van der Waals surface area contributed by atoms with Gasteiger partial charge in [-0.15, -0.1) is 11.8 Å². The van der Waals surface area contributed by atoms with Gasteiger partial charge in [-0.2, -0.15) is 0 Å². The molecule has 7 heteroatoms. The third-order valence-corrected chi connectivity index (χ3v) is 6.77. The normalized spacial score (nSPS) is 13.1. The molecule has 2 N–H and O–H groups in total. The molecule has 0 aliphatic heterocycles. The summed E-state index contributed by atoms with van der Waals surface area (Å²) in [5.41, 5.74) is 0.720. The average molecular weight is 490 g/mol. The minimum atomic E-state index is -0.219. The highest BCUT2D eigenvalue weighted by Gasteiger charge is 2.24. The van der Waals surface area contributed by atoms with Crippen LogP contribution in [0.15, 0.2) is 39.8 Å². The largest absolute Gasteiger partial charge is 0.475 e. The van der Waals surface area contributed by atoms with E-state index in [2.05, 4.69) is 55.6 Å². The van der Waals surface area contributed by atoms with E-state index in [0.717, 1.165) is 48.6 Å². The first kappa shape index (κ1) is 28.2. The van der Waals surface area contributed by atoms with Crippen LogP contribution in [-0.4, -0.2) is 37.3 Å². The van der Waals surface area contributed by atoms with Gasteiger partial charge in [-0.3, -0.25) is 4.79 Å². The second kappa shape index (κ2) is 15.8. The molecule has 2 atom stereocenters. The number of carbonyl (C=O) groups is 1. The first-order valence-corrected chi connectivity index (χ1v) is 13.6. The summed E-state index contributed by atoms with van der Waals surface area (Å²) in [4.78, 5) is 14.2. The van der Waals surface area contributed by atoms with Crippen LogP contribution in [0.5, 0.6) is 5.88 Å². The molecule has 1 aromatic carbocycles. The number of hydrogen-bond donors (Lipinski definition) is 2. The molecule has 0 aliphatic carbocycles. The van der Waals surface area contributed by atoms with Gasteiger partial charge in [0.25, 0.3) is 11.8 Å². The Bertz CT molecular complexity index is 826. The van der Waals surface area contributed by atoms with Crippen LogP contribution in [-0.2, 0) is 5.75 Å². The number of hydrogen-bond acceptors (Lipinski definition) is 6. The maximum atomic E-state index is 13.0. The van der Waals surface area contributed by atoms with Gasteiger partial charge in [0.05, 0.1) is 12.2 Å². The fourth-order valence-corrected chi connectivity index (χ4v) is 4.93. The Morgan fingerprint density at radius 2 is 1.85 bits per heavy atom. The van der Waals surface area contributed by atoms with Gasteiger partial charge in [0.15, 0.2) is 0 Å². The molecule has 2 aromatic rings. The summed E-state index contributed by atoms with van der Waals surface area (Å²) in [5, 5.41) is 10.3. The van der Waals surface area contributed by atoms with E-state index in [9.17, 15) is 4.79 Å². The Labute approximate surface area is 210 Å². The topological polar surface area (TPSA) is 76.4 Å². The second-order valence-electron chi connectivity index (χ2n) is 9.60. The molecule has 1 aromatic heterocycles. The maximum absolute atomic E-state index is 13.0. The van der Waals surface area contributed by atoms with E-state index >= 15 is 0 Å². The predicted octanol–water partition coefficient (Wildman–Crippen LogP) is 6.32. The summed E-state index contributed by atoms with van der Waals surface area (Å²) in [5.74, 6) is 2.46. The van der Waals surface area contributed by atoms with Gasteiger partial charge >= 0.3 is 0 Å². The van der Waals surface area contributed by atoms with Crippen molar-refractivity contribution in [1.29, 1.82) is 0 Å². The van der Waals surface area contributed by atoms with Crippen molar-refractivity contribution in [3.8, 4) is 5.88 Å². The summed E-state index contributed by atoms with van der Waals surface area (Å²) in [7, 11) is 1.94. The maximum Gasteiger partial charge on any atom is 0.290 e. The van der Waals surface area contributed by atoms with Gasteiger partial charge in [-0.1, -0.05) is 51.8 Å². The van der Waals surface area contributed by atoms with E-state index in [1.807, 2.05) is 25.2 Å². The van der Waals surface area contributed by atoms with Crippen molar-refractivity contribution in [2.24, 2.45) is 11.8 Å². The van der Waals surface area contributed by atoms with E-state index < -0.39 is 0 Å². The molecule has 1 amide bonds. The standard InChI is InChI=1S/C27H43N3O3S/c1-20(2)18-21(3)12-11-13-22(4)29-26(31)25-24(19-34-23-14-7-6-8-15-23)27(30-33-25)32-17-10-9-16-28-5/h6-8,14-15,20-22,28H,9-13,16-19H2,1-5H3,(H,29,31). The van der Waals surface area contributed by atoms with E-state index in [-0.39, 0.29) is 17.7 Å². The fraction of sp³-hybridized carbons (Fsp3) is 0.630. The van der Waals surface area contributed by atoms with Crippen molar-refractivity contribution in [2.45, 2.75) is 82.9 Å². The number of benzene rings is 1. The van der Waals surface area contributed by atoms with E-state index in [1.165, 1.54) is 12.8 Å². The number of aromatic nitrogens is 1. The number of nitrogens with zero attached hydrogens (tertiary/aromatic N) is 1. The van der Waals surface area contributed by atoms with E-state index in [4.69, 9.17) is 9.26 Å². The molecule has 0 radical (unpaired) electrons. The molecule has 1 heterocycles. The minimum absolute atomic E-state index is 0.0735. The van der Waals surface area contributed by atoms with Gasteiger partial charge in [0.2, 0.25) is 5.76 Å². The Balaban J connectivity index is 1.96. The average Bonchev–Trinajstić information content (AvgIpc) is 3.20. The highest BCUT2D eigenvalue weighted by Crippen LogP contribution is 2.30. The van der Waals surface area contributed by atoms with Crippen LogP contribution >= 0.6 is 11.8 Å². The van der Waals surface area contributed by atoms with Crippen LogP contribution in [0, 0.1) is 11.8 Å². The van der Waals surface area contributed by atoms with Crippen LogP contribution in [0.1, 0.15) is 82.3 Å². The summed E-state index contributed by atoms with van der Waals surface area (Å²) < 4.78 is 11.4. The lowest BCUT2D eigenvalue weighted by molar-refractivity contribution is 0.0899. The van der Waals surface area contributed by atoms with Gasteiger partial charge in [0, 0.05) is 16.7 Å². The smallest absolute Gasteiger partial charge is 0.290 e. The molecule has 0 aliphatic rings. The van der Waals surface area contributed by atoms with Crippen molar-refractivity contribution >= 4 is 17.7 Å². The second-order valence-corrected chi connectivity index (χ2v) is 10.6. The Morgan fingerprint density at radius 3 is 2.56 bits per heavy atom. The van der Waals surface area contributed by atoms with Crippen LogP contribution in [0.3, 0.4) is 0 Å². The third kappa shape index (κ3) is 10.5. The molecular formula is C27H43N3O3S. The highest BCUT2D eigenvalue weighted by atomic mass is 32.2. The lowest BCUT2D eigenvalue weighted by Crippen LogP contribution is -2.32. The fourth-order valence-electron chi connectivity index (χ4n) is 4.02. The van der Waals surface area contributed by atoms with Crippen molar-refractivity contribution < 1.29 is 14.1 Å². The predicted molar refractivity (Wildman–Crippen MR) is 141 cm³/mol. The molecule has 0 fully saturated rings. The molecular weight excluding hydrogens is 446 g/mol. The van der Waals surface area contributed by atoms with Crippen LogP contribution < -0.4 is 15.4 Å². The molecule has 0 spiro atoms. The first-order chi connectivity index (χ1) is 16.4. The zero-order chi connectivity index (χ0) is 24.8. The number of ether oxygens (including phenoxy) is 1. The van der Waals surface area contributed by atoms with E-state index in [0.29, 0.717) is 24.2 Å². The van der Waals surface area contributed by atoms with Crippen molar-refractivity contribution in [3.63, 3.8) is 0 Å². The van der Waals surface area contributed by atoms with Gasteiger partial charge in [0.1, 0.15) is 0 Å². The van der Waals surface area contributed by atoms with Crippen LogP contribution in [0.2, 0.25) is 0 Å². The van der Waals surface area contributed by atoms with E-state index in [1.54, 1.807) is 11.8 Å². The van der Waals surface area contributed by atoms with Crippen LogP contribution in [0.4, 0.5) is 0 Å². The van der Waals surface area contributed by atoms with Gasteiger partial charge in [-0.05, 0) is 75.3 Å². The first-order valence-electron chi connectivity index (χ1n) is 12.6. The number of nitrogens with one attached hydrogen (secondary N) is 2. The molecule has 0 saturated heterocycles. The molecule has 6 nitrogen and oxygen atoms in total. The Hall–Kier alpha value is -1.99. The zero-order valence-electron chi connectivity index (χ0n) is 21.6. The number of rotatable bonds is 17. The molecule has 190 valence electrons. The highest BCUT2D eigenvalue weighted by molar-refractivity contribution is 7.98. The zero-order valence-corrected chi connectivity index (χ0v) is 22.4. The Kier molecular flexibility index (Phi) is 13.1. The summed E-state index contributed by atoms with van der Waals surface area (Å²) in [6.45, 7) is 10.4. The molecule has 2 rings (SSSR count). The molecule has 34 heavy (non-hydrogen) atoms. The van der Waals surface area contributed by atoms with Crippen molar-refractivity contribution in [2.75, 3.05) is 20.2 Å². The lowest BCUT2D eigenvalue weighted by Gasteiger charge is -2.16. The third-order valence-electron chi connectivity index (χ3n) is 5.73.